The second-order valence-corrected chi connectivity index (χ2v) is 6.34. The molecule has 1 heterocycles. The van der Waals surface area contributed by atoms with Crippen LogP contribution in [0.5, 0.6) is 0 Å². The van der Waals surface area contributed by atoms with Gasteiger partial charge in [-0.2, -0.15) is 0 Å². The number of hydrogen-bond acceptors (Lipinski definition) is 6. The minimum absolute atomic E-state index is 0.0641. The molecule has 0 radical (unpaired) electrons. The summed E-state index contributed by atoms with van der Waals surface area (Å²) in [6, 6.07) is 4.95. The zero-order chi connectivity index (χ0) is 19.3. The lowest BCUT2D eigenvalue weighted by Gasteiger charge is -2.21. The molecule has 1 atom stereocenters. The molecule has 0 bridgehead atoms. The van der Waals surface area contributed by atoms with Crippen molar-refractivity contribution in [3.8, 4) is 0 Å². The normalized spacial score (nSPS) is 19.4. The first-order valence-electron chi connectivity index (χ1n) is 8.30. The molecule has 1 aliphatic rings. The van der Waals surface area contributed by atoms with Gasteiger partial charge in [-0.25, -0.2) is 4.79 Å². The molecule has 0 aliphatic carbocycles. The van der Waals surface area contributed by atoms with Gasteiger partial charge in [-0.15, -0.1) is 0 Å². The number of nitrogens with zero attached hydrogens (tertiary/aromatic N) is 2. The minimum Gasteiger partial charge on any atom is -0.459 e. The predicted molar refractivity (Wildman–Crippen MR) is 91.1 cm³/mol. The van der Waals surface area contributed by atoms with E-state index in [-0.39, 0.29) is 12.3 Å². The Morgan fingerprint density at radius 1 is 1.31 bits per heavy atom. The van der Waals surface area contributed by atoms with Crippen molar-refractivity contribution in [3.63, 3.8) is 0 Å². The zero-order valence-electron chi connectivity index (χ0n) is 14.7. The minimum atomic E-state index is -0.994. The zero-order valence-corrected chi connectivity index (χ0v) is 14.7. The van der Waals surface area contributed by atoms with Gasteiger partial charge < -0.3 is 10.1 Å². The molecule has 3 amide bonds. The van der Waals surface area contributed by atoms with Crippen molar-refractivity contribution in [1.82, 2.24) is 10.2 Å². The van der Waals surface area contributed by atoms with E-state index in [2.05, 4.69) is 5.32 Å². The SMILES string of the molecule is CCCC[C@]1(C)NC(=O)N(CC(=O)OCc2ccc([N+](=O)[O-])cc2)C1=O. The average molecular weight is 363 g/mol. The molecule has 140 valence electrons. The van der Waals surface area contributed by atoms with Crippen LogP contribution in [0.25, 0.3) is 0 Å². The van der Waals surface area contributed by atoms with Crippen molar-refractivity contribution >= 4 is 23.6 Å². The summed E-state index contributed by atoms with van der Waals surface area (Å²) in [4.78, 5) is 47.3. The van der Waals surface area contributed by atoms with Gasteiger partial charge in [-0.1, -0.05) is 19.8 Å². The number of rotatable bonds is 8. The molecule has 9 heteroatoms. The summed E-state index contributed by atoms with van der Waals surface area (Å²) in [5.41, 5.74) is -0.495. The molecule has 0 unspecified atom stereocenters. The van der Waals surface area contributed by atoms with Crippen molar-refractivity contribution < 1.29 is 24.0 Å². The standard InChI is InChI=1S/C17H21N3O6/c1-3-4-9-17(2)15(22)19(16(23)18-17)10-14(21)26-11-12-5-7-13(8-6-12)20(24)25/h5-8H,3-4,9-11H2,1-2H3,(H,18,23)/t17-/m0/s1. The third kappa shape index (κ3) is 4.35. The number of amides is 3. The number of benzene rings is 1. The summed E-state index contributed by atoms with van der Waals surface area (Å²) in [6.07, 6.45) is 2.17. The second-order valence-electron chi connectivity index (χ2n) is 6.34. The molecule has 2 rings (SSSR count). The summed E-state index contributed by atoms with van der Waals surface area (Å²) in [6.45, 7) is 3.05. The van der Waals surface area contributed by atoms with Gasteiger partial charge in [0.2, 0.25) is 0 Å². The van der Waals surface area contributed by atoms with Gasteiger partial charge in [0, 0.05) is 12.1 Å². The number of esters is 1. The maximum Gasteiger partial charge on any atom is 0.326 e. The van der Waals surface area contributed by atoms with E-state index in [1.807, 2.05) is 6.92 Å². The summed E-state index contributed by atoms with van der Waals surface area (Å²) >= 11 is 0. The number of carbonyl (C=O) groups is 3. The fraction of sp³-hybridized carbons (Fsp3) is 0.471. The van der Waals surface area contributed by atoms with Gasteiger partial charge in [0.1, 0.15) is 18.7 Å². The number of nitro benzene ring substituents is 1. The Hall–Kier alpha value is -2.97. The molecule has 0 saturated carbocycles. The number of non-ortho nitro benzene ring substituents is 1. The smallest absolute Gasteiger partial charge is 0.326 e. The molecule has 1 fully saturated rings. The van der Waals surface area contributed by atoms with Crippen LogP contribution in [0, 0.1) is 10.1 Å². The predicted octanol–water partition coefficient (Wildman–Crippen LogP) is 2.14. The van der Waals surface area contributed by atoms with Gasteiger partial charge in [0.05, 0.1) is 4.92 Å². The third-order valence-electron chi connectivity index (χ3n) is 4.21. The Bertz CT molecular complexity index is 718. The monoisotopic (exact) mass is 363 g/mol. The lowest BCUT2D eigenvalue weighted by atomic mass is 9.95. The Morgan fingerprint density at radius 2 is 1.96 bits per heavy atom. The van der Waals surface area contributed by atoms with Crippen molar-refractivity contribution in [3.05, 3.63) is 39.9 Å². The highest BCUT2D eigenvalue weighted by Gasteiger charge is 2.47. The average Bonchev–Trinajstić information content (AvgIpc) is 2.82. The van der Waals surface area contributed by atoms with E-state index in [0.29, 0.717) is 12.0 Å². The molecule has 1 saturated heterocycles. The van der Waals surface area contributed by atoms with E-state index in [9.17, 15) is 24.5 Å². The van der Waals surface area contributed by atoms with Gasteiger partial charge in [-0.3, -0.25) is 24.6 Å². The highest BCUT2D eigenvalue weighted by atomic mass is 16.6. The van der Waals surface area contributed by atoms with E-state index in [4.69, 9.17) is 4.74 Å². The lowest BCUT2D eigenvalue weighted by molar-refractivity contribution is -0.384. The van der Waals surface area contributed by atoms with Crippen LogP contribution >= 0.6 is 0 Å². The van der Waals surface area contributed by atoms with Crippen molar-refractivity contribution in [2.45, 2.75) is 45.3 Å². The first-order chi connectivity index (χ1) is 12.3. The summed E-state index contributed by atoms with van der Waals surface area (Å²) in [5, 5.41) is 13.2. The number of nitrogens with one attached hydrogen (secondary N) is 1. The Labute approximate surface area is 150 Å². The van der Waals surface area contributed by atoms with Crippen LogP contribution in [0.3, 0.4) is 0 Å². The molecular formula is C17H21N3O6. The number of carbonyl (C=O) groups excluding carboxylic acids is 3. The molecule has 9 nitrogen and oxygen atoms in total. The number of nitro groups is 1. The molecule has 1 aromatic carbocycles. The first kappa shape index (κ1) is 19.4. The van der Waals surface area contributed by atoms with Crippen LogP contribution in [0.2, 0.25) is 0 Å². The number of unbranched alkanes of at least 4 members (excludes halogenated alkanes) is 1. The summed E-state index contributed by atoms with van der Waals surface area (Å²) < 4.78 is 5.05. The molecule has 0 aromatic heterocycles. The molecule has 0 spiro atoms. The van der Waals surface area contributed by atoms with E-state index >= 15 is 0 Å². The van der Waals surface area contributed by atoms with Crippen LogP contribution in [-0.4, -0.2) is 39.8 Å². The summed E-state index contributed by atoms with van der Waals surface area (Å²) in [7, 11) is 0. The van der Waals surface area contributed by atoms with E-state index in [1.54, 1.807) is 6.92 Å². The third-order valence-corrected chi connectivity index (χ3v) is 4.21. The van der Waals surface area contributed by atoms with Crippen LogP contribution in [-0.2, 0) is 20.9 Å². The first-order valence-corrected chi connectivity index (χ1v) is 8.30. The van der Waals surface area contributed by atoms with Gasteiger partial charge in [-0.05, 0) is 31.0 Å². The number of urea groups is 1. The number of hydrogen-bond donors (Lipinski definition) is 1. The molecular weight excluding hydrogens is 342 g/mol. The lowest BCUT2D eigenvalue weighted by Crippen LogP contribution is -2.44. The Kier molecular flexibility index (Phi) is 5.91. The van der Waals surface area contributed by atoms with Crippen molar-refractivity contribution in [1.29, 1.82) is 0 Å². The van der Waals surface area contributed by atoms with Crippen LogP contribution in [0.1, 0.15) is 38.7 Å². The fourth-order valence-electron chi connectivity index (χ4n) is 2.64. The number of ether oxygens (including phenoxy) is 1. The van der Waals surface area contributed by atoms with Crippen molar-refractivity contribution in [2.75, 3.05) is 6.54 Å². The molecule has 26 heavy (non-hydrogen) atoms. The summed E-state index contributed by atoms with van der Waals surface area (Å²) in [5.74, 6) is -1.17. The van der Waals surface area contributed by atoms with Crippen LogP contribution in [0.4, 0.5) is 10.5 Å². The Balaban J connectivity index is 1.90. The Morgan fingerprint density at radius 3 is 2.54 bits per heavy atom. The highest BCUT2D eigenvalue weighted by Crippen LogP contribution is 2.23. The molecule has 1 aromatic rings. The largest absolute Gasteiger partial charge is 0.459 e. The molecule has 1 aliphatic heterocycles. The van der Waals surface area contributed by atoms with Gasteiger partial charge in [0.25, 0.3) is 11.6 Å². The van der Waals surface area contributed by atoms with Crippen LogP contribution in [0.15, 0.2) is 24.3 Å². The van der Waals surface area contributed by atoms with Gasteiger partial charge >= 0.3 is 12.0 Å². The number of imide groups is 1. The van der Waals surface area contributed by atoms with E-state index in [1.165, 1.54) is 24.3 Å². The molecule has 1 N–H and O–H groups in total. The highest BCUT2D eigenvalue weighted by molar-refractivity contribution is 6.08. The van der Waals surface area contributed by atoms with Crippen molar-refractivity contribution in [2.24, 2.45) is 0 Å². The maximum atomic E-state index is 12.4. The fourth-order valence-corrected chi connectivity index (χ4v) is 2.64. The van der Waals surface area contributed by atoms with Gasteiger partial charge in [0.15, 0.2) is 0 Å². The van der Waals surface area contributed by atoms with E-state index < -0.39 is 34.9 Å². The topological polar surface area (TPSA) is 119 Å². The second kappa shape index (κ2) is 7.94. The van der Waals surface area contributed by atoms with E-state index in [0.717, 1.165) is 17.7 Å². The maximum absolute atomic E-state index is 12.4. The van der Waals surface area contributed by atoms with Crippen LogP contribution < -0.4 is 5.32 Å². The quantitative estimate of drug-likeness (QED) is 0.327.